The second kappa shape index (κ2) is 7.41. The molecule has 2 unspecified atom stereocenters. The first kappa shape index (κ1) is 15.0. The number of hydrogen-bond donors (Lipinski definition) is 1. The summed E-state index contributed by atoms with van der Waals surface area (Å²) in [6.45, 7) is 9.47. The Balaban J connectivity index is 2.37. The van der Waals surface area contributed by atoms with Gasteiger partial charge in [0.05, 0.1) is 0 Å². The van der Waals surface area contributed by atoms with Crippen LogP contribution in [0.4, 0.5) is 0 Å². The van der Waals surface area contributed by atoms with Crippen molar-refractivity contribution in [2.24, 2.45) is 5.41 Å². The predicted molar refractivity (Wildman–Crippen MR) is 77.4 cm³/mol. The van der Waals surface area contributed by atoms with Crippen molar-refractivity contribution in [3.8, 4) is 0 Å². The van der Waals surface area contributed by atoms with Gasteiger partial charge in [-0.25, -0.2) is 0 Å². The van der Waals surface area contributed by atoms with Gasteiger partial charge in [0.25, 0.3) is 0 Å². The second-order valence-corrected chi connectivity index (χ2v) is 6.75. The van der Waals surface area contributed by atoms with Crippen LogP contribution in [0.2, 0.25) is 0 Å². The van der Waals surface area contributed by atoms with Gasteiger partial charge in [0.2, 0.25) is 0 Å². The molecule has 0 radical (unpaired) electrons. The van der Waals surface area contributed by atoms with Crippen molar-refractivity contribution in [2.45, 2.75) is 97.6 Å². The van der Waals surface area contributed by atoms with E-state index in [0.29, 0.717) is 5.41 Å². The maximum absolute atomic E-state index is 3.95. The van der Waals surface area contributed by atoms with Crippen LogP contribution in [0.25, 0.3) is 0 Å². The molecule has 1 saturated carbocycles. The topological polar surface area (TPSA) is 12.0 Å². The molecule has 1 aliphatic rings. The fourth-order valence-corrected chi connectivity index (χ4v) is 3.28. The van der Waals surface area contributed by atoms with Crippen molar-refractivity contribution in [2.75, 3.05) is 0 Å². The lowest BCUT2D eigenvalue weighted by atomic mass is 9.75. The van der Waals surface area contributed by atoms with E-state index in [1.165, 1.54) is 57.8 Å². The summed E-state index contributed by atoms with van der Waals surface area (Å²) >= 11 is 0. The molecule has 1 aliphatic carbocycles. The summed E-state index contributed by atoms with van der Waals surface area (Å²) in [7, 11) is 0. The van der Waals surface area contributed by atoms with Gasteiger partial charge in [0.15, 0.2) is 0 Å². The van der Waals surface area contributed by atoms with Crippen molar-refractivity contribution >= 4 is 0 Å². The van der Waals surface area contributed by atoms with E-state index in [1.54, 1.807) is 0 Å². The van der Waals surface area contributed by atoms with Crippen molar-refractivity contribution in [1.82, 2.24) is 5.32 Å². The third-order valence-electron chi connectivity index (χ3n) is 4.22. The first-order valence-electron chi connectivity index (χ1n) is 7.83. The van der Waals surface area contributed by atoms with Crippen LogP contribution in [-0.4, -0.2) is 12.1 Å². The lowest BCUT2D eigenvalue weighted by Crippen LogP contribution is -2.43. The van der Waals surface area contributed by atoms with E-state index in [0.717, 1.165) is 12.1 Å². The number of hydrogen-bond acceptors (Lipinski definition) is 1. The zero-order valence-corrected chi connectivity index (χ0v) is 12.5. The molecule has 1 rings (SSSR count). The third-order valence-corrected chi connectivity index (χ3v) is 4.22. The summed E-state index contributed by atoms with van der Waals surface area (Å²) in [5.74, 6) is 0. The van der Waals surface area contributed by atoms with Gasteiger partial charge in [-0.3, -0.25) is 0 Å². The van der Waals surface area contributed by atoms with E-state index >= 15 is 0 Å². The molecule has 102 valence electrons. The smallest absolute Gasteiger partial charge is 0.00747 e. The Labute approximate surface area is 109 Å². The van der Waals surface area contributed by atoms with Gasteiger partial charge in [0, 0.05) is 12.1 Å². The van der Waals surface area contributed by atoms with Crippen LogP contribution >= 0.6 is 0 Å². The fourth-order valence-electron chi connectivity index (χ4n) is 3.28. The monoisotopic (exact) mass is 239 g/mol. The standard InChI is InChI=1S/C16H33N/c1-5-7-10-14(9-6-2)17-15-11-8-12-16(3,4)13-15/h14-15,17H,5-13H2,1-4H3. The summed E-state index contributed by atoms with van der Waals surface area (Å²) in [6, 6.07) is 1.56. The summed E-state index contributed by atoms with van der Waals surface area (Å²) in [6.07, 6.45) is 12.4. The van der Waals surface area contributed by atoms with Gasteiger partial charge in [0.1, 0.15) is 0 Å². The van der Waals surface area contributed by atoms with E-state index in [9.17, 15) is 0 Å². The van der Waals surface area contributed by atoms with Crippen LogP contribution < -0.4 is 5.32 Å². The maximum atomic E-state index is 3.95. The van der Waals surface area contributed by atoms with Crippen molar-refractivity contribution in [1.29, 1.82) is 0 Å². The summed E-state index contributed by atoms with van der Waals surface area (Å²) in [5.41, 5.74) is 0.567. The van der Waals surface area contributed by atoms with E-state index in [4.69, 9.17) is 0 Å². The average Bonchev–Trinajstić information content (AvgIpc) is 2.25. The average molecular weight is 239 g/mol. The Bertz CT molecular complexity index is 198. The van der Waals surface area contributed by atoms with Crippen LogP contribution in [0, 0.1) is 5.41 Å². The van der Waals surface area contributed by atoms with Crippen LogP contribution in [-0.2, 0) is 0 Å². The molecule has 2 atom stereocenters. The van der Waals surface area contributed by atoms with Gasteiger partial charge < -0.3 is 5.32 Å². The molecular formula is C16H33N. The highest BCUT2D eigenvalue weighted by Crippen LogP contribution is 2.35. The van der Waals surface area contributed by atoms with E-state index < -0.39 is 0 Å². The van der Waals surface area contributed by atoms with Gasteiger partial charge >= 0.3 is 0 Å². The Kier molecular flexibility index (Phi) is 6.54. The van der Waals surface area contributed by atoms with Gasteiger partial charge in [-0.1, -0.05) is 53.4 Å². The Morgan fingerprint density at radius 2 is 1.94 bits per heavy atom. The maximum Gasteiger partial charge on any atom is 0.00747 e. The molecule has 0 spiro atoms. The molecule has 0 heterocycles. The molecule has 0 bridgehead atoms. The molecule has 1 fully saturated rings. The van der Waals surface area contributed by atoms with E-state index in [-0.39, 0.29) is 0 Å². The minimum atomic E-state index is 0.567. The quantitative estimate of drug-likeness (QED) is 0.666. The highest BCUT2D eigenvalue weighted by Gasteiger charge is 2.28. The van der Waals surface area contributed by atoms with Crippen LogP contribution in [0.15, 0.2) is 0 Å². The molecule has 0 aromatic rings. The highest BCUT2D eigenvalue weighted by molar-refractivity contribution is 4.85. The van der Waals surface area contributed by atoms with Crippen molar-refractivity contribution < 1.29 is 0 Å². The van der Waals surface area contributed by atoms with Crippen molar-refractivity contribution in [3.05, 3.63) is 0 Å². The Morgan fingerprint density at radius 3 is 2.53 bits per heavy atom. The van der Waals surface area contributed by atoms with E-state index in [2.05, 4.69) is 33.0 Å². The minimum Gasteiger partial charge on any atom is -0.311 e. The predicted octanol–water partition coefficient (Wildman–Crippen LogP) is 4.90. The normalized spacial score (nSPS) is 25.8. The molecule has 0 aliphatic heterocycles. The Morgan fingerprint density at radius 1 is 1.18 bits per heavy atom. The molecule has 1 N–H and O–H groups in total. The molecule has 0 aromatic heterocycles. The second-order valence-electron chi connectivity index (χ2n) is 6.75. The van der Waals surface area contributed by atoms with Gasteiger partial charge in [-0.15, -0.1) is 0 Å². The molecule has 1 nitrogen and oxygen atoms in total. The minimum absolute atomic E-state index is 0.567. The SMILES string of the molecule is CCCCC(CCC)NC1CCCC(C)(C)C1. The van der Waals surface area contributed by atoms with Crippen molar-refractivity contribution in [3.63, 3.8) is 0 Å². The first-order valence-corrected chi connectivity index (χ1v) is 7.83. The molecule has 0 aromatic carbocycles. The first-order chi connectivity index (χ1) is 8.07. The zero-order chi connectivity index (χ0) is 12.7. The van der Waals surface area contributed by atoms with E-state index in [1.807, 2.05) is 0 Å². The third kappa shape index (κ3) is 5.90. The summed E-state index contributed by atoms with van der Waals surface area (Å²) in [4.78, 5) is 0. The molecule has 0 amide bonds. The largest absolute Gasteiger partial charge is 0.311 e. The lowest BCUT2D eigenvalue weighted by molar-refractivity contribution is 0.184. The van der Waals surface area contributed by atoms with Crippen LogP contribution in [0.5, 0.6) is 0 Å². The summed E-state index contributed by atoms with van der Waals surface area (Å²) in [5, 5.41) is 3.95. The number of nitrogens with one attached hydrogen (secondary N) is 1. The zero-order valence-electron chi connectivity index (χ0n) is 12.5. The van der Waals surface area contributed by atoms with Gasteiger partial charge in [-0.05, 0) is 37.5 Å². The highest BCUT2D eigenvalue weighted by atomic mass is 15.0. The van der Waals surface area contributed by atoms with Crippen LogP contribution in [0.1, 0.15) is 85.5 Å². The Hall–Kier alpha value is -0.0400. The molecule has 1 heteroatoms. The summed E-state index contributed by atoms with van der Waals surface area (Å²) < 4.78 is 0. The van der Waals surface area contributed by atoms with Crippen LogP contribution in [0.3, 0.4) is 0 Å². The molecular weight excluding hydrogens is 206 g/mol. The number of rotatable bonds is 7. The fraction of sp³-hybridized carbons (Fsp3) is 1.00. The molecule has 17 heavy (non-hydrogen) atoms. The molecule has 0 saturated heterocycles. The number of unbranched alkanes of at least 4 members (excludes halogenated alkanes) is 1. The lowest BCUT2D eigenvalue weighted by Gasteiger charge is -2.37. The van der Waals surface area contributed by atoms with Gasteiger partial charge in [-0.2, -0.15) is 0 Å².